The summed E-state index contributed by atoms with van der Waals surface area (Å²) in [4.78, 5) is 0. The van der Waals surface area contributed by atoms with Gasteiger partial charge in [0.1, 0.15) is 0 Å². The zero-order valence-corrected chi connectivity index (χ0v) is 10.7. The smallest absolute Gasteiger partial charge is 2.00 e. The molecule has 4 heteroatoms. The van der Waals surface area contributed by atoms with Crippen LogP contribution in [0, 0.1) is 116 Å². The van der Waals surface area contributed by atoms with E-state index in [0.717, 1.165) is 0 Å². The van der Waals surface area contributed by atoms with Gasteiger partial charge in [-0.1, -0.05) is 0 Å². The van der Waals surface area contributed by atoms with Crippen molar-refractivity contribution in [2.24, 2.45) is 0 Å². The van der Waals surface area contributed by atoms with Crippen molar-refractivity contribution in [3.63, 3.8) is 0 Å². The Labute approximate surface area is 118 Å². The Morgan fingerprint density at radius 3 is 1.00 bits per heavy atom. The van der Waals surface area contributed by atoms with Crippen molar-refractivity contribution < 1.29 is 121 Å². The second kappa shape index (κ2) is 15.8. The average Bonchev–Trinajstić information content (AvgIpc) is 0. The predicted octanol–water partition coefficient (Wildman–Crippen LogP) is -0.119. The Bertz CT molecular complexity index is 8.00. The van der Waals surface area contributed by atoms with Crippen LogP contribution in [0.4, 0.5) is 0 Å². The first-order valence-electron chi connectivity index (χ1n) is 0. The summed E-state index contributed by atoms with van der Waals surface area (Å²) in [5, 5.41) is 0. The summed E-state index contributed by atoms with van der Waals surface area (Å²) >= 11 is 0. The monoisotopic (exact) mass is 454 g/mol. The van der Waals surface area contributed by atoms with E-state index in [0.29, 0.717) is 0 Å². The topological polar surface area (TPSA) is 28.5 Å². The van der Waals surface area contributed by atoms with E-state index >= 15 is 0 Å². The number of rotatable bonds is 0. The molecule has 0 atom stereocenters. The van der Waals surface area contributed by atoms with Crippen LogP contribution in [0.15, 0.2) is 0 Å². The molecule has 0 saturated heterocycles. The summed E-state index contributed by atoms with van der Waals surface area (Å²) in [7, 11) is 0. The third kappa shape index (κ3) is 9.26. The van der Waals surface area contributed by atoms with Gasteiger partial charge in [0, 0.05) is 0 Å². The van der Waals surface area contributed by atoms with Gasteiger partial charge in [0.2, 0.25) is 0 Å². The van der Waals surface area contributed by atoms with Crippen LogP contribution in [-0.2, 0) is 5.48 Å². The van der Waals surface area contributed by atoms with Crippen molar-refractivity contribution >= 4 is 0 Å². The SMILES string of the molecule is [Ce+3].[La+3].[O-2].[Tb+3]. The van der Waals surface area contributed by atoms with Crippen molar-refractivity contribution in [2.75, 3.05) is 0 Å². The molecule has 0 amide bonds. The maximum Gasteiger partial charge on any atom is 3.00 e. The molecule has 0 aromatic carbocycles. The van der Waals surface area contributed by atoms with E-state index in [2.05, 4.69) is 0 Å². The third-order valence-corrected chi connectivity index (χ3v) is 0. The molecule has 0 N–H and O–H groups in total. The molecule has 4 heavy (non-hydrogen) atoms. The Hall–Kier alpha value is 3.82. The standard InChI is InChI=1S/Ce.La.O.Tb/q2*+3;-2;+3. The second-order valence-corrected chi connectivity index (χ2v) is 0. The summed E-state index contributed by atoms with van der Waals surface area (Å²) in [6.45, 7) is 0. The van der Waals surface area contributed by atoms with Crippen LogP contribution in [0.1, 0.15) is 0 Å². The van der Waals surface area contributed by atoms with Gasteiger partial charge in [0.25, 0.3) is 0 Å². The molecule has 0 aromatic heterocycles. The zero-order chi connectivity index (χ0) is 0. The molecule has 0 unspecified atom stereocenters. The molecule has 0 heterocycles. The fourth-order valence-electron chi connectivity index (χ4n) is 0. The van der Waals surface area contributed by atoms with Crippen molar-refractivity contribution in [3.05, 3.63) is 0 Å². The van der Waals surface area contributed by atoms with Gasteiger partial charge in [0.15, 0.2) is 0 Å². The molecular weight excluding hydrogens is 454 g/mol. The van der Waals surface area contributed by atoms with Crippen LogP contribution in [0.25, 0.3) is 0 Å². The average molecular weight is 454 g/mol. The summed E-state index contributed by atoms with van der Waals surface area (Å²) in [5.74, 6) is 0. The predicted molar refractivity (Wildman–Crippen MR) is 0.686 cm³/mol. The van der Waals surface area contributed by atoms with E-state index in [1.54, 1.807) is 0 Å². The van der Waals surface area contributed by atoms with Gasteiger partial charge < -0.3 is 5.48 Å². The van der Waals surface area contributed by atoms with E-state index < -0.39 is 0 Å². The largest absolute Gasteiger partial charge is 3.00 e. The quantitative estimate of drug-likeness (QED) is 0.489. The molecule has 0 fully saturated rings. The Morgan fingerprint density at radius 2 is 1.00 bits per heavy atom. The molecule has 0 rings (SSSR count). The van der Waals surface area contributed by atoms with E-state index in [1.807, 2.05) is 0 Å². The maximum absolute atomic E-state index is 0. The first-order valence-corrected chi connectivity index (χ1v) is 0. The first kappa shape index (κ1) is 24.9. The van der Waals surface area contributed by atoms with Gasteiger partial charge in [-0.25, -0.2) is 0 Å². The van der Waals surface area contributed by atoms with Gasteiger partial charge in [-0.15, -0.1) is 0 Å². The molecule has 0 spiro atoms. The van der Waals surface area contributed by atoms with E-state index in [1.165, 1.54) is 0 Å². The molecular formula is CeLaOTb+7. The molecule has 0 aliphatic rings. The number of hydrogen-bond donors (Lipinski definition) is 0. The van der Waals surface area contributed by atoms with Crippen molar-refractivity contribution in [3.8, 4) is 0 Å². The normalized spacial score (nSPS) is 0. The molecule has 0 aliphatic heterocycles. The van der Waals surface area contributed by atoms with Crippen molar-refractivity contribution in [2.45, 2.75) is 0 Å². The van der Waals surface area contributed by atoms with Gasteiger partial charge in [0.05, 0.1) is 0 Å². The van der Waals surface area contributed by atoms with Crippen molar-refractivity contribution in [1.29, 1.82) is 0 Å². The fourth-order valence-corrected chi connectivity index (χ4v) is 0. The molecule has 1 radical (unpaired) electrons. The molecule has 0 bridgehead atoms. The minimum Gasteiger partial charge on any atom is -2.00 e. The Balaban J connectivity index is 0. The number of hydrogen-bond acceptors (Lipinski definition) is 0. The minimum absolute atomic E-state index is 0. The molecule has 0 saturated carbocycles. The maximum atomic E-state index is 0. The van der Waals surface area contributed by atoms with Gasteiger partial charge >= 0.3 is 116 Å². The molecule has 15 valence electrons. The van der Waals surface area contributed by atoms with Crippen LogP contribution in [0.3, 0.4) is 0 Å². The van der Waals surface area contributed by atoms with Crippen LogP contribution in [0.2, 0.25) is 0 Å². The molecule has 0 aliphatic carbocycles. The van der Waals surface area contributed by atoms with E-state index in [-0.39, 0.29) is 121 Å². The molecule has 0 aromatic rings. The zero-order valence-electron chi connectivity index (χ0n) is 1.82. The minimum atomic E-state index is 0. The van der Waals surface area contributed by atoms with Gasteiger partial charge in [-0.05, 0) is 0 Å². The Morgan fingerprint density at radius 1 is 1.00 bits per heavy atom. The van der Waals surface area contributed by atoms with Crippen LogP contribution < -0.4 is 0 Å². The summed E-state index contributed by atoms with van der Waals surface area (Å²) in [6.07, 6.45) is 0. The van der Waals surface area contributed by atoms with Gasteiger partial charge in [-0.3, -0.25) is 0 Å². The molecule has 1 nitrogen and oxygen atoms in total. The van der Waals surface area contributed by atoms with Gasteiger partial charge in [-0.2, -0.15) is 0 Å². The van der Waals surface area contributed by atoms with E-state index in [9.17, 15) is 0 Å². The fraction of sp³-hybridized carbons (Fsp3) is 0. The summed E-state index contributed by atoms with van der Waals surface area (Å²) in [5.41, 5.74) is 0. The first-order chi connectivity index (χ1) is 0. The Kier molecular flexibility index (Phi) is 98.7. The summed E-state index contributed by atoms with van der Waals surface area (Å²) in [6, 6.07) is 0. The van der Waals surface area contributed by atoms with Crippen LogP contribution in [-0.4, -0.2) is 0 Å². The van der Waals surface area contributed by atoms with E-state index in [4.69, 9.17) is 0 Å². The van der Waals surface area contributed by atoms with Crippen LogP contribution in [0.5, 0.6) is 0 Å². The van der Waals surface area contributed by atoms with Crippen LogP contribution >= 0.6 is 0 Å². The third-order valence-electron chi connectivity index (χ3n) is 0. The second-order valence-electron chi connectivity index (χ2n) is 0. The van der Waals surface area contributed by atoms with Crippen molar-refractivity contribution in [1.82, 2.24) is 0 Å². The summed E-state index contributed by atoms with van der Waals surface area (Å²) < 4.78 is 0.